The van der Waals surface area contributed by atoms with Crippen LogP contribution in [0.2, 0.25) is 0 Å². The molecule has 2 aromatic carbocycles. The van der Waals surface area contributed by atoms with Gasteiger partial charge in [-0.2, -0.15) is 0 Å². The van der Waals surface area contributed by atoms with Crippen LogP contribution in [0, 0.1) is 0 Å². The molecule has 0 aliphatic carbocycles. The minimum Gasteiger partial charge on any atom is -0.389 e. The lowest BCUT2D eigenvalue weighted by Crippen LogP contribution is -2.30. The van der Waals surface area contributed by atoms with Gasteiger partial charge in [0.1, 0.15) is 0 Å². The molecule has 0 aromatic heterocycles. The van der Waals surface area contributed by atoms with Crippen molar-refractivity contribution in [1.29, 1.82) is 0 Å². The average molecular weight is 332 g/mol. The van der Waals surface area contributed by atoms with Gasteiger partial charge < -0.3 is 10.0 Å². The molecule has 0 bridgehead atoms. The highest BCUT2D eigenvalue weighted by Crippen LogP contribution is 2.32. The molecule has 0 spiro atoms. The van der Waals surface area contributed by atoms with Gasteiger partial charge in [0.15, 0.2) is 0 Å². The number of aliphatic hydroxyl groups excluding tert-OH is 1. The zero-order valence-corrected chi connectivity index (χ0v) is 13.1. The molecule has 0 radical (unpaired) electrons. The van der Waals surface area contributed by atoms with Crippen molar-refractivity contribution in [1.82, 2.24) is 0 Å². The molecule has 1 aliphatic heterocycles. The third kappa shape index (κ3) is 2.60. The summed E-state index contributed by atoms with van der Waals surface area (Å²) < 4.78 is 1.05. The summed E-state index contributed by atoms with van der Waals surface area (Å²) in [6, 6.07) is 14.8. The maximum atomic E-state index is 9.65. The molecule has 3 heteroatoms. The summed E-state index contributed by atoms with van der Waals surface area (Å²) in [6.07, 6.45) is 0.656. The third-order valence-corrected chi connectivity index (χ3v) is 4.56. The van der Waals surface area contributed by atoms with Gasteiger partial charge in [0.05, 0.1) is 11.8 Å². The van der Waals surface area contributed by atoms with E-state index in [4.69, 9.17) is 0 Å². The number of anilines is 1. The predicted molar refractivity (Wildman–Crippen MR) is 86.0 cm³/mol. The van der Waals surface area contributed by atoms with E-state index in [0.29, 0.717) is 0 Å². The van der Waals surface area contributed by atoms with Gasteiger partial charge in [-0.1, -0.05) is 30.3 Å². The molecule has 1 atom stereocenters. The minimum atomic E-state index is -0.428. The molecule has 1 heterocycles. The number of halogens is 1. The fourth-order valence-corrected chi connectivity index (χ4v) is 3.39. The zero-order chi connectivity index (χ0) is 14.1. The summed E-state index contributed by atoms with van der Waals surface area (Å²) in [6.45, 7) is 3.77. The van der Waals surface area contributed by atoms with E-state index in [1.807, 2.05) is 12.1 Å². The highest BCUT2D eigenvalue weighted by molar-refractivity contribution is 9.10. The number of benzene rings is 2. The number of hydrogen-bond donors (Lipinski definition) is 1. The van der Waals surface area contributed by atoms with Gasteiger partial charge in [0, 0.05) is 17.6 Å². The zero-order valence-electron chi connectivity index (χ0n) is 11.5. The van der Waals surface area contributed by atoms with Crippen LogP contribution in [0.5, 0.6) is 0 Å². The average Bonchev–Trinajstić information content (AvgIpc) is 2.46. The van der Waals surface area contributed by atoms with Gasteiger partial charge in [-0.15, -0.1) is 0 Å². The molecular formula is C17H18BrNO. The van der Waals surface area contributed by atoms with Crippen molar-refractivity contribution in [3.63, 3.8) is 0 Å². The fourth-order valence-electron chi connectivity index (χ4n) is 2.74. The van der Waals surface area contributed by atoms with Crippen molar-refractivity contribution in [3.8, 4) is 0 Å². The molecule has 1 aliphatic rings. The number of nitrogens with zero attached hydrogens (tertiary/aromatic N) is 1. The van der Waals surface area contributed by atoms with Crippen molar-refractivity contribution >= 4 is 21.6 Å². The quantitative estimate of drug-likeness (QED) is 0.896. The van der Waals surface area contributed by atoms with Crippen LogP contribution in [-0.2, 0) is 13.0 Å². The summed E-state index contributed by atoms with van der Waals surface area (Å²) in [5.74, 6) is 0. The monoisotopic (exact) mass is 331 g/mol. The molecule has 3 rings (SSSR count). The van der Waals surface area contributed by atoms with Gasteiger partial charge in [-0.25, -0.2) is 0 Å². The Morgan fingerprint density at radius 2 is 1.90 bits per heavy atom. The summed E-state index contributed by atoms with van der Waals surface area (Å²) in [4.78, 5) is 2.39. The van der Waals surface area contributed by atoms with E-state index >= 15 is 0 Å². The second-order valence-electron chi connectivity index (χ2n) is 5.33. The maximum Gasteiger partial charge on any atom is 0.0762 e. The lowest BCUT2D eigenvalue weighted by atomic mass is 9.99. The van der Waals surface area contributed by atoms with Crippen molar-refractivity contribution < 1.29 is 5.11 Å². The molecule has 0 fully saturated rings. The molecular weight excluding hydrogens is 314 g/mol. The van der Waals surface area contributed by atoms with Crippen molar-refractivity contribution in [3.05, 3.63) is 63.6 Å². The first kappa shape index (κ1) is 13.7. The van der Waals surface area contributed by atoms with Crippen LogP contribution in [-0.4, -0.2) is 11.7 Å². The van der Waals surface area contributed by atoms with Gasteiger partial charge in [0.2, 0.25) is 0 Å². The Labute approximate surface area is 128 Å². The topological polar surface area (TPSA) is 23.5 Å². The van der Waals surface area contributed by atoms with Gasteiger partial charge in [-0.3, -0.25) is 0 Å². The van der Waals surface area contributed by atoms with Gasteiger partial charge in [0.25, 0.3) is 0 Å². The standard InChI is InChI=1S/C17H18BrNO/c1-12(20)14-6-7-17(16(18)10-14)19-9-8-13-4-2-3-5-15(13)11-19/h2-7,10,12,20H,8-9,11H2,1H3. The first-order valence-electron chi connectivity index (χ1n) is 6.94. The second-order valence-corrected chi connectivity index (χ2v) is 6.18. The smallest absolute Gasteiger partial charge is 0.0762 e. The first-order chi connectivity index (χ1) is 9.65. The Bertz CT molecular complexity index is 624. The molecule has 20 heavy (non-hydrogen) atoms. The summed E-state index contributed by atoms with van der Waals surface area (Å²) in [5.41, 5.74) is 5.01. The van der Waals surface area contributed by atoms with Crippen LogP contribution in [0.15, 0.2) is 46.9 Å². The Morgan fingerprint density at radius 1 is 1.15 bits per heavy atom. The lowest BCUT2D eigenvalue weighted by Gasteiger charge is -2.31. The Kier molecular flexibility index (Phi) is 3.81. The summed E-state index contributed by atoms with van der Waals surface area (Å²) >= 11 is 3.64. The van der Waals surface area contributed by atoms with Gasteiger partial charge in [-0.05, 0) is 58.1 Å². The largest absolute Gasteiger partial charge is 0.389 e. The molecule has 0 saturated carbocycles. The van der Waals surface area contributed by atoms with E-state index < -0.39 is 6.10 Å². The third-order valence-electron chi connectivity index (χ3n) is 3.93. The van der Waals surface area contributed by atoms with E-state index in [0.717, 1.165) is 29.5 Å². The number of aliphatic hydroxyl groups is 1. The van der Waals surface area contributed by atoms with Crippen LogP contribution >= 0.6 is 15.9 Å². The fraction of sp³-hybridized carbons (Fsp3) is 0.294. The molecule has 2 aromatic rings. The highest BCUT2D eigenvalue weighted by Gasteiger charge is 2.18. The highest BCUT2D eigenvalue weighted by atomic mass is 79.9. The SMILES string of the molecule is CC(O)c1ccc(N2CCc3ccccc3C2)c(Br)c1. The predicted octanol–water partition coefficient (Wildman–Crippen LogP) is 4.07. The van der Waals surface area contributed by atoms with E-state index in [1.165, 1.54) is 16.8 Å². The Balaban J connectivity index is 1.88. The number of rotatable bonds is 2. The molecule has 104 valence electrons. The molecule has 1 N–H and O–H groups in total. The molecule has 2 nitrogen and oxygen atoms in total. The van der Waals surface area contributed by atoms with E-state index in [9.17, 15) is 5.11 Å². The second kappa shape index (κ2) is 5.58. The first-order valence-corrected chi connectivity index (χ1v) is 7.73. The summed E-state index contributed by atoms with van der Waals surface area (Å²) in [5, 5.41) is 9.65. The maximum absolute atomic E-state index is 9.65. The number of hydrogen-bond acceptors (Lipinski definition) is 2. The van der Waals surface area contributed by atoms with Crippen molar-refractivity contribution in [2.75, 3.05) is 11.4 Å². The molecule has 0 saturated heterocycles. The lowest BCUT2D eigenvalue weighted by molar-refractivity contribution is 0.199. The van der Waals surface area contributed by atoms with Crippen LogP contribution < -0.4 is 4.90 Å². The van der Waals surface area contributed by atoms with Crippen molar-refractivity contribution in [2.45, 2.75) is 26.0 Å². The van der Waals surface area contributed by atoms with E-state index in [-0.39, 0.29) is 0 Å². The number of fused-ring (bicyclic) bond motifs is 1. The normalized spacial score (nSPS) is 15.8. The molecule has 1 unspecified atom stereocenters. The Morgan fingerprint density at radius 3 is 2.60 bits per heavy atom. The van der Waals surface area contributed by atoms with E-state index in [2.05, 4.69) is 51.2 Å². The molecule has 0 amide bonds. The summed E-state index contributed by atoms with van der Waals surface area (Å²) in [7, 11) is 0. The van der Waals surface area contributed by atoms with Crippen LogP contribution in [0.3, 0.4) is 0 Å². The van der Waals surface area contributed by atoms with Crippen LogP contribution in [0.1, 0.15) is 29.7 Å². The van der Waals surface area contributed by atoms with Gasteiger partial charge >= 0.3 is 0 Å². The Hall–Kier alpha value is -1.32. The van der Waals surface area contributed by atoms with E-state index in [1.54, 1.807) is 6.92 Å². The van der Waals surface area contributed by atoms with Crippen LogP contribution in [0.25, 0.3) is 0 Å². The minimum absolute atomic E-state index is 0.428. The van der Waals surface area contributed by atoms with Crippen LogP contribution in [0.4, 0.5) is 5.69 Å². The van der Waals surface area contributed by atoms with Crippen molar-refractivity contribution in [2.24, 2.45) is 0 Å².